The maximum Gasteiger partial charge on any atom is 0.416 e. The van der Waals surface area contributed by atoms with Gasteiger partial charge in [0, 0.05) is 29.6 Å². The highest BCUT2D eigenvalue weighted by atomic mass is 35.5. The van der Waals surface area contributed by atoms with Crippen LogP contribution in [0.5, 0.6) is 5.75 Å². The highest BCUT2D eigenvalue weighted by Gasteiger charge is 2.31. The van der Waals surface area contributed by atoms with Gasteiger partial charge in [0.1, 0.15) is 5.75 Å². The number of aromatic hydroxyl groups is 1. The van der Waals surface area contributed by atoms with E-state index in [1.165, 1.54) is 23.1 Å². The quantitative estimate of drug-likeness (QED) is 0.707. The summed E-state index contributed by atoms with van der Waals surface area (Å²) in [5.74, 6) is -1.11. The highest BCUT2D eigenvalue weighted by molar-refractivity contribution is 6.31. The van der Waals surface area contributed by atoms with Gasteiger partial charge in [0.25, 0.3) is 5.91 Å². The van der Waals surface area contributed by atoms with Crippen molar-refractivity contribution in [3.8, 4) is 5.75 Å². The fourth-order valence-electron chi connectivity index (χ4n) is 3.17. The third-order valence-corrected chi connectivity index (χ3v) is 5.06. The molecule has 0 saturated carbocycles. The number of piperidine rings is 1. The Kier molecular flexibility index (Phi) is 6.02. The van der Waals surface area contributed by atoms with Crippen molar-refractivity contribution in [1.82, 2.24) is 4.90 Å². The molecule has 1 fully saturated rings. The topological polar surface area (TPSA) is 69.6 Å². The van der Waals surface area contributed by atoms with Crippen molar-refractivity contribution in [2.75, 3.05) is 18.4 Å². The molecule has 0 aromatic heterocycles. The molecule has 154 valence electrons. The minimum atomic E-state index is -4.45. The second-order valence-electron chi connectivity index (χ2n) is 6.79. The molecule has 0 bridgehead atoms. The summed E-state index contributed by atoms with van der Waals surface area (Å²) in [7, 11) is 0. The first-order chi connectivity index (χ1) is 13.6. The Morgan fingerprint density at radius 3 is 2.28 bits per heavy atom. The number of alkyl halides is 3. The van der Waals surface area contributed by atoms with Crippen LogP contribution in [0.25, 0.3) is 0 Å². The zero-order valence-electron chi connectivity index (χ0n) is 15.2. The van der Waals surface area contributed by atoms with Crippen LogP contribution in [0.15, 0.2) is 42.5 Å². The summed E-state index contributed by atoms with van der Waals surface area (Å²) in [6.07, 6.45) is -3.65. The van der Waals surface area contributed by atoms with Crippen molar-refractivity contribution in [2.45, 2.75) is 19.0 Å². The monoisotopic (exact) mass is 426 g/mol. The van der Waals surface area contributed by atoms with Gasteiger partial charge in [0.2, 0.25) is 5.91 Å². The number of carbonyl (C=O) groups is 2. The Morgan fingerprint density at radius 1 is 1.07 bits per heavy atom. The third kappa shape index (κ3) is 5.00. The number of rotatable bonds is 3. The van der Waals surface area contributed by atoms with Crippen molar-refractivity contribution < 1.29 is 27.9 Å². The molecule has 3 rings (SSSR count). The lowest BCUT2D eigenvalue weighted by Crippen LogP contribution is -2.41. The molecule has 0 atom stereocenters. The van der Waals surface area contributed by atoms with Gasteiger partial charge in [0.05, 0.1) is 11.3 Å². The summed E-state index contributed by atoms with van der Waals surface area (Å²) in [5.41, 5.74) is -0.427. The number of nitrogens with one attached hydrogen (secondary N) is 1. The van der Waals surface area contributed by atoms with E-state index in [4.69, 9.17) is 11.6 Å². The molecule has 1 aliphatic rings. The number of amides is 2. The van der Waals surface area contributed by atoms with Crippen LogP contribution in [-0.2, 0) is 11.0 Å². The fraction of sp³-hybridized carbons (Fsp3) is 0.300. The molecule has 2 aromatic rings. The van der Waals surface area contributed by atoms with E-state index in [0.29, 0.717) is 31.0 Å². The molecule has 29 heavy (non-hydrogen) atoms. The minimum absolute atomic E-state index is 0.0994. The lowest BCUT2D eigenvalue weighted by Gasteiger charge is -2.31. The lowest BCUT2D eigenvalue weighted by atomic mass is 9.95. The second kappa shape index (κ2) is 8.32. The highest BCUT2D eigenvalue weighted by Crippen LogP contribution is 2.30. The van der Waals surface area contributed by atoms with Gasteiger partial charge in [-0.3, -0.25) is 9.59 Å². The van der Waals surface area contributed by atoms with Gasteiger partial charge < -0.3 is 15.3 Å². The summed E-state index contributed by atoms with van der Waals surface area (Å²) < 4.78 is 37.9. The van der Waals surface area contributed by atoms with Crippen molar-refractivity contribution in [3.05, 3.63) is 58.6 Å². The standard InChI is InChI=1S/C20H18ClF3N2O3/c21-15-5-6-17(27)16(11-15)25-18(28)12-7-9-26(10-8-12)19(29)13-1-3-14(4-2-13)20(22,23)24/h1-6,11-12,27H,7-10H2,(H,25,28). The number of likely N-dealkylation sites (tertiary alicyclic amines) is 1. The Bertz CT molecular complexity index is 908. The molecule has 5 nitrogen and oxygen atoms in total. The van der Waals surface area contributed by atoms with Gasteiger partial charge in [0.15, 0.2) is 0 Å². The summed E-state index contributed by atoms with van der Waals surface area (Å²) >= 11 is 5.86. The molecular weight excluding hydrogens is 409 g/mol. The smallest absolute Gasteiger partial charge is 0.416 e. The Hall–Kier alpha value is -2.74. The van der Waals surface area contributed by atoms with E-state index in [1.807, 2.05) is 0 Å². The number of phenolic OH excluding ortho intramolecular Hbond substituents is 1. The van der Waals surface area contributed by atoms with E-state index < -0.39 is 11.7 Å². The van der Waals surface area contributed by atoms with Gasteiger partial charge >= 0.3 is 6.18 Å². The predicted octanol–water partition coefficient (Wildman–Crippen LogP) is 4.56. The summed E-state index contributed by atoms with van der Waals surface area (Å²) in [4.78, 5) is 26.5. The molecule has 9 heteroatoms. The first kappa shape index (κ1) is 21.0. The van der Waals surface area contributed by atoms with E-state index in [0.717, 1.165) is 24.3 Å². The summed E-state index contributed by atoms with van der Waals surface area (Å²) in [5, 5.41) is 12.8. The molecular formula is C20H18ClF3N2O3. The van der Waals surface area contributed by atoms with Crippen LogP contribution in [0, 0.1) is 5.92 Å². The Balaban J connectivity index is 1.57. The first-order valence-electron chi connectivity index (χ1n) is 8.91. The zero-order valence-corrected chi connectivity index (χ0v) is 15.9. The van der Waals surface area contributed by atoms with E-state index in [-0.39, 0.29) is 34.7 Å². The second-order valence-corrected chi connectivity index (χ2v) is 7.23. The molecule has 2 aromatic carbocycles. The molecule has 1 heterocycles. The molecule has 2 N–H and O–H groups in total. The van der Waals surface area contributed by atoms with Crippen LogP contribution in [0.1, 0.15) is 28.8 Å². The van der Waals surface area contributed by atoms with E-state index >= 15 is 0 Å². The number of halogens is 4. The average molecular weight is 427 g/mol. The number of carbonyl (C=O) groups excluding carboxylic acids is 2. The van der Waals surface area contributed by atoms with Crippen LogP contribution in [0.4, 0.5) is 18.9 Å². The number of hydrogen-bond donors (Lipinski definition) is 2. The van der Waals surface area contributed by atoms with Crippen molar-refractivity contribution in [2.24, 2.45) is 5.92 Å². The average Bonchev–Trinajstić information content (AvgIpc) is 2.69. The normalized spacial score (nSPS) is 15.2. The van der Waals surface area contributed by atoms with E-state index in [9.17, 15) is 27.9 Å². The van der Waals surface area contributed by atoms with Gasteiger partial charge in [-0.1, -0.05) is 11.6 Å². The van der Waals surface area contributed by atoms with Gasteiger partial charge in [-0.2, -0.15) is 13.2 Å². The van der Waals surface area contributed by atoms with E-state index in [1.54, 1.807) is 0 Å². The number of anilines is 1. The summed E-state index contributed by atoms with van der Waals surface area (Å²) in [6.45, 7) is 0.610. The minimum Gasteiger partial charge on any atom is -0.506 e. The zero-order chi connectivity index (χ0) is 21.2. The SMILES string of the molecule is O=C(Nc1cc(Cl)ccc1O)C1CCN(C(=O)c2ccc(C(F)(F)F)cc2)CC1. The number of hydrogen-bond acceptors (Lipinski definition) is 3. The van der Waals surface area contributed by atoms with Crippen LogP contribution >= 0.6 is 11.6 Å². The molecule has 0 radical (unpaired) electrons. The summed E-state index contributed by atoms with van der Waals surface area (Å²) in [6, 6.07) is 8.40. The molecule has 0 spiro atoms. The molecule has 1 aliphatic heterocycles. The van der Waals surface area contributed by atoms with Gasteiger partial charge in [-0.05, 0) is 55.3 Å². The van der Waals surface area contributed by atoms with Crippen molar-refractivity contribution >= 4 is 29.1 Å². The van der Waals surface area contributed by atoms with Gasteiger partial charge in [-0.25, -0.2) is 0 Å². The van der Waals surface area contributed by atoms with Crippen molar-refractivity contribution in [3.63, 3.8) is 0 Å². The van der Waals surface area contributed by atoms with Crippen LogP contribution in [0.3, 0.4) is 0 Å². The number of phenols is 1. The number of benzene rings is 2. The largest absolute Gasteiger partial charge is 0.506 e. The first-order valence-corrected chi connectivity index (χ1v) is 9.29. The van der Waals surface area contributed by atoms with Crippen molar-refractivity contribution in [1.29, 1.82) is 0 Å². The third-order valence-electron chi connectivity index (χ3n) is 4.83. The van der Waals surface area contributed by atoms with Crippen LogP contribution in [0.2, 0.25) is 5.02 Å². The van der Waals surface area contributed by atoms with Crippen LogP contribution < -0.4 is 5.32 Å². The van der Waals surface area contributed by atoms with Crippen LogP contribution in [-0.4, -0.2) is 34.9 Å². The lowest BCUT2D eigenvalue weighted by molar-refractivity contribution is -0.137. The predicted molar refractivity (Wildman–Crippen MR) is 102 cm³/mol. The Labute approximate surface area is 170 Å². The van der Waals surface area contributed by atoms with E-state index in [2.05, 4.69) is 5.32 Å². The number of nitrogens with zero attached hydrogens (tertiary/aromatic N) is 1. The fourth-order valence-corrected chi connectivity index (χ4v) is 3.34. The molecule has 0 unspecified atom stereocenters. The molecule has 2 amide bonds. The Morgan fingerprint density at radius 2 is 1.69 bits per heavy atom. The maximum absolute atomic E-state index is 12.6. The molecule has 1 saturated heterocycles. The maximum atomic E-state index is 12.6. The van der Waals surface area contributed by atoms with Gasteiger partial charge in [-0.15, -0.1) is 0 Å². The molecule has 0 aliphatic carbocycles.